The maximum Gasteiger partial charge on any atom is 0.397 e. The lowest BCUT2D eigenvalue weighted by atomic mass is 9.43. The summed E-state index contributed by atoms with van der Waals surface area (Å²) in [4.78, 5) is 25.4. The Balaban J connectivity index is 1.16. The molecule has 13 atom stereocenters. The highest BCUT2D eigenvalue weighted by molar-refractivity contribution is 14.1. The largest absolute Gasteiger partial charge is 0.507 e. The number of carbonyl (C=O) groups excluding carboxylic acids is 1. The van der Waals surface area contributed by atoms with Gasteiger partial charge in [-0.25, -0.2) is 8.37 Å². The normalized spacial score (nSPS) is 37.5. The van der Waals surface area contributed by atoms with E-state index in [1.165, 1.54) is 0 Å². The van der Waals surface area contributed by atoms with E-state index < -0.39 is 86.4 Å². The van der Waals surface area contributed by atoms with Crippen LogP contribution >= 0.6 is 22.6 Å². The van der Waals surface area contributed by atoms with Gasteiger partial charge in [-0.15, -0.1) is 0 Å². The number of carboxylic acids is 1. The maximum absolute atomic E-state index is 12.8. The molecule has 8 N–H and O–H groups in total. The molecule has 58 heavy (non-hydrogen) atoms. The Morgan fingerprint density at radius 3 is 2.38 bits per heavy atom. The summed E-state index contributed by atoms with van der Waals surface area (Å²) in [6.45, 7) is 7.78. The Labute approximate surface area is 351 Å². The predicted octanol–water partition coefficient (Wildman–Crippen LogP) is 2.03. The Morgan fingerprint density at radius 2 is 1.72 bits per heavy atom. The second-order valence-electron chi connectivity index (χ2n) is 16.8. The van der Waals surface area contributed by atoms with Crippen molar-refractivity contribution in [2.75, 3.05) is 19.6 Å². The van der Waals surface area contributed by atoms with Crippen LogP contribution in [0.3, 0.4) is 0 Å². The number of benzene rings is 1. The van der Waals surface area contributed by atoms with E-state index in [4.69, 9.17) is 17.8 Å². The average molecular weight is 973 g/mol. The summed E-state index contributed by atoms with van der Waals surface area (Å²) >= 11 is 2.01. The number of ether oxygens (including phenoxy) is 2. The molecule has 0 radical (unpaired) electrons. The Kier molecular flexibility index (Phi) is 13.6. The number of carboxylic acid groups (broad SMARTS) is 1. The average Bonchev–Trinajstić information content (AvgIpc) is 3.29. The fourth-order valence-corrected chi connectivity index (χ4v) is 12.9. The van der Waals surface area contributed by atoms with Crippen molar-refractivity contribution in [2.24, 2.45) is 34.5 Å². The number of halogens is 1. The van der Waals surface area contributed by atoms with Crippen molar-refractivity contribution >= 4 is 55.3 Å². The topological polar surface area (TPSA) is 285 Å². The molecule has 1 saturated heterocycles. The molecular weight excluding hydrogens is 919 g/mol. The summed E-state index contributed by atoms with van der Waals surface area (Å²) in [5.74, 6) is -2.15. The fourth-order valence-electron chi connectivity index (χ4n) is 11.0. The van der Waals surface area contributed by atoms with Gasteiger partial charge in [-0.1, -0.05) is 19.6 Å². The minimum Gasteiger partial charge on any atom is -0.507 e. The van der Waals surface area contributed by atoms with Crippen molar-refractivity contribution in [3.05, 3.63) is 39.0 Å². The molecule has 6 rings (SSSR count). The number of rotatable bonds is 15. The van der Waals surface area contributed by atoms with E-state index in [1.54, 1.807) is 19.1 Å². The number of fused-ring (bicyclic) bond motifs is 3. The Hall–Kier alpha value is -2.03. The Morgan fingerprint density at radius 1 is 1.03 bits per heavy atom. The number of aliphatic hydroxyl groups is 2. The van der Waals surface area contributed by atoms with E-state index in [2.05, 4.69) is 17.2 Å². The zero-order valence-electron chi connectivity index (χ0n) is 32.2. The van der Waals surface area contributed by atoms with Gasteiger partial charge in [0, 0.05) is 31.5 Å². The van der Waals surface area contributed by atoms with E-state index in [0.717, 1.165) is 30.4 Å². The number of aryl methyl sites for hydroxylation is 2. The molecule has 2 bridgehead atoms. The summed E-state index contributed by atoms with van der Waals surface area (Å²) < 4.78 is 89.6. The third-order valence-electron chi connectivity index (χ3n) is 13.4. The molecule has 1 spiro atoms. The first-order valence-electron chi connectivity index (χ1n) is 19.4. The van der Waals surface area contributed by atoms with Crippen molar-refractivity contribution in [3.8, 4) is 5.75 Å². The highest BCUT2D eigenvalue weighted by Crippen LogP contribution is 2.70. The van der Waals surface area contributed by atoms with Gasteiger partial charge in [-0.05, 0) is 127 Å². The first-order chi connectivity index (χ1) is 27.0. The second-order valence-corrected chi connectivity index (χ2v) is 20.1. The first kappa shape index (κ1) is 45.5. The number of carbonyl (C=O) groups is 2. The minimum absolute atomic E-state index is 0.00273. The molecule has 4 aliphatic carbocycles. The van der Waals surface area contributed by atoms with Crippen LogP contribution in [0.5, 0.6) is 5.75 Å². The summed E-state index contributed by atoms with van der Waals surface area (Å²) in [5, 5.41) is 49.0. The molecule has 4 saturated carbocycles. The van der Waals surface area contributed by atoms with Crippen molar-refractivity contribution in [1.29, 1.82) is 0 Å². The quantitative estimate of drug-likeness (QED) is 0.0410. The van der Waals surface area contributed by atoms with Crippen LogP contribution in [-0.4, -0.2) is 121 Å². The van der Waals surface area contributed by atoms with E-state index in [9.17, 15) is 56.0 Å². The molecule has 1 heterocycles. The molecule has 1 amide bonds. The SMILES string of the molecule is C=C1C2CCC3C4(C)CC(O[C@H]5O[C@H](CNCCNC(=O)CCc6cc(C)c(O)c(I)c6)[C@@H](OS(=O)(=O)O)[C@@H](OS(=O)(=O)O)C5O)CC(C(=O)O)C4CCC3(C2)[C@H]1O. The van der Waals surface area contributed by atoms with E-state index in [0.29, 0.717) is 34.8 Å². The predicted molar refractivity (Wildman–Crippen MR) is 212 cm³/mol. The number of nitrogens with one attached hydrogen (secondary N) is 2. The van der Waals surface area contributed by atoms with Crippen molar-refractivity contribution in [3.63, 3.8) is 0 Å². The van der Waals surface area contributed by atoms with Crippen LogP contribution in [0.2, 0.25) is 0 Å². The van der Waals surface area contributed by atoms with Gasteiger partial charge < -0.3 is 40.5 Å². The van der Waals surface area contributed by atoms with Gasteiger partial charge >= 0.3 is 26.8 Å². The van der Waals surface area contributed by atoms with Crippen LogP contribution in [0, 0.1) is 45.0 Å². The molecule has 1 aromatic carbocycles. The van der Waals surface area contributed by atoms with Gasteiger partial charge in [0.15, 0.2) is 6.29 Å². The molecule has 326 valence electrons. The van der Waals surface area contributed by atoms with Crippen LogP contribution in [0.1, 0.15) is 69.4 Å². The van der Waals surface area contributed by atoms with E-state index in [1.807, 2.05) is 29.5 Å². The molecule has 5 aliphatic rings. The van der Waals surface area contributed by atoms with Gasteiger partial charge in [0.1, 0.15) is 30.2 Å². The maximum atomic E-state index is 12.8. The van der Waals surface area contributed by atoms with Gasteiger partial charge in [-0.3, -0.25) is 18.7 Å². The van der Waals surface area contributed by atoms with Crippen molar-refractivity contribution in [1.82, 2.24) is 10.6 Å². The van der Waals surface area contributed by atoms with Crippen LogP contribution in [0.4, 0.5) is 0 Å². The zero-order chi connectivity index (χ0) is 42.5. The number of phenolic OH excluding ortho intramolecular Hbond substituents is 1. The number of aromatic hydroxyl groups is 1. The van der Waals surface area contributed by atoms with E-state index >= 15 is 0 Å². The molecular formula is C37H53IN2O16S2. The van der Waals surface area contributed by atoms with Gasteiger partial charge in [0.25, 0.3) is 0 Å². The number of aliphatic carboxylic acids is 1. The van der Waals surface area contributed by atoms with Crippen molar-refractivity contribution in [2.45, 2.75) is 115 Å². The van der Waals surface area contributed by atoms with Crippen molar-refractivity contribution < 1.29 is 73.8 Å². The van der Waals surface area contributed by atoms with Crippen LogP contribution in [0.15, 0.2) is 24.3 Å². The molecule has 18 nitrogen and oxygen atoms in total. The number of amides is 1. The lowest BCUT2D eigenvalue weighted by Gasteiger charge is -2.62. The molecule has 8 unspecified atom stereocenters. The van der Waals surface area contributed by atoms with Crippen LogP contribution in [-0.2, 0) is 54.6 Å². The summed E-state index contributed by atoms with van der Waals surface area (Å²) in [5.41, 5.74) is 1.25. The monoisotopic (exact) mass is 972 g/mol. The molecule has 1 aromatic rings. The van der Waals surface area contributed by atoms with Crippen LogP contribution < -0.4 is 10.6 Å². The standard InChI is InChI=1S/C37H53IN2O16S2/c1-18-12-20(13-25(38)29(18)42)4-7-28(41)40-11-10-39-17-26-31(55-57(47,48)49)32(56-58(50,51)52)30(43)35(54-26)53-22-14-23(34(45)46)24-8-9-37-15-21(19(2)33(37)44)5-6-27(37)36(24,3)16-22/h12-13,21-24,26-27,30-33,35,39,42-44H,2,4-11,14-17H2,1,3H3,(H,40,41)(H,45,46)(H,47,48,49)(H,50,51,52)/t21?,22?,23?,24?,26-,27?,30?,31-,32+,33+,35+,36?,37?/m1/s1. The third-order valence-corrected chi connectivity index (χ3v) is 15.2. The summed E-state index contributed by atoms with van der Waals surface area (Å²) in [6, 6.07) is 3.57. The first-order valence-corrected chi connectivity index (χ1v) is 23.2. The molecule has 1 aliphatic heterocycles. The lowest BCUT2D eigenvalue weighted by Crippen LogP contribution is -2.64. The van der Waals surface area contributed by atoms with Gasteiger partial charge in [0.2, 0.25) is 5.91 Å². The van der Waals surface area contributed by atoms with Crippen LogP contribution in [0.25, 0.3) is 0 Å². The lowest BCUT2D eigenvalue weighted by molar-refractivity contribution is -0.309. The number of hydrogen-bond donors (Lipinski definition) is 8. The number of aliphatic hydroxyl groups excluding tert-OH is 2. The molecule has 0 aromatic heterocycles. The minimum atomic E-state index is -5.39. The number of hydrogen-bond acceptors (Lipinski definition) is 14. The highest BCUT2D eigenvalue weighted by Gasteiger charge is 2.67. The van der Waals surface area contributed by atoms with Gasteiger partial charge in [0.05, 0.1) is 21.7 Å². The highest BCUT2D eigenvalue weighted by atomic mass is 127. The smallest absolute Gasteiger partial charge is 0.397 e. The third kappa shape index (κ3) is 9.54. The molecule has 21 heteroatoms. The summed E-state index contributed by atoms with van der Waals surface area (Å²) in [7, 11) is -10.7. The fraction of sp³-hybridized carbons (Fsp3) is 0.730. The molecule has 5 fully saturated rings. The van der Waals surface area contributed by atoms with Gasteiger partial charge in [-0.2, -0.15) is 16.8 Å². The summed E-state index contributed by atoms with van der Waals surface area (Å²) in [6.07, 6.45) is -6.93. The van der Waals surface area contributed by atoms with E-state index in [-0.39, 0.29) is 61.9 Å². The zero-order valence-corrected chi connectivity index (χ0v) is 35.9. The number of phenols is 1. The second kappa shape index (κ2) is 17.4. The Bertz CT molecular complexity index is 1950.